The molecule has 1 aliphatic carbocycles. The van der Waals surface area contributed by atoms with Crippen LogP contribution in [0.25, 0.3) is 0 Å². The van der Waals surface area contributed by atoms with Gasteiger partial charge in [0.05, 0.1) is 23.5 Å². The lowest BCUT2D eigenvalue weighted by Crippen LogP contribution is -2.53. The predicted molar refractivity (Wildman–Crippen MR) is 78.1 cm³/mol. The number of ether oxygens (including phenoxy) is 3. The molecule has 2 rings (SSSR count). The Hall–Kier alpha value is -1.37. The van der Waals surface area contributed by atoms with Crippen LogP contribution in [0.2, 0.25) is 0 Å². The maximum Gasteiger partial charge on any atom is 0.311 e. The summed E-state index contributed by atoms with van der Waals surface area (Å²) in [5.74, 6) is 0.288. The number of halogens is 1. The largest absolute Gasteiger partial charge is 0.480 e. The molecule has 21 heavy (non-hydrogen) atoms. The Morgan fingerprint density at radius 3 is 2.81 bits per heavy atom. The van der Waals surface area contributed by atoms with Crippen LogP contribution in [0.15, 0.2) is 18.2 Å². The highest BCUT2D eigenvalue weighted by molar-refractivity contribution is 6.21. The number of nitro groups is 1. The zero-order chi connectivity index (χ0) is 15.4. The van der Waals surface area contributed by atoms with Gasteiger partial charge in [0, 0.05) is 19.6 Å². The summed E-state index contributed by atoms with van der Waals surface area (Å²) in [4.78, 5) is 10.6. The van der Waals surface area contributed by atoms with Gasteiger partial charge in [0.2, 0.25) is 0 Å². The first-order valence-corrected chi connectivity index (χ1v) is 7.13. The summed E-state index contributed by atoms with van der Waals surface area (Å²) in [7, 11) is 1.59. The highest BCUT2D eigenvalue weighted by Gasteiger charge is 2.43. The summed E-state index contributed by atoms with van der Waals surface area (Å²) < 4.78 is 16.3. The van der Waals surface area contributed by atoms with E-state index in [1.165, 1.54) is 6.07 Å². The van der Waals surface area contributed by atoms with Gasteiger partial charge < -0.3 is 14.2 Å². The van der Waals surface area contributed by atoms with Crippen molar-refractivity contribution in [1.82, 2.24) is 0 Å². The second kappa shape index (κ2) is 7.06. The van der Waals surface area contributed by atoms with Crippen LogP contribution in [0.1, 0.15) is 12.0 Å². The van der Waals surface area contributed by atoms with Crippen LogP contribution in [0.3, 0.4) is 0 Å². The highest BCUT2D eigenvalue weighted by atomic mass is 35.5. The molecule has 1 fully saturated rings. The monoisotopic (exact) mass is 315 g/mol. The van der Waals surface area contributed by atoms with Crippen molar-refractivity contribution in [3.63, 3.8) is 0 Å². The minimum atomic E-state index is -0.444. The molecule has 1 aromatic rings. The van der Waals surface area contributed by atoms with Crippen LogP contribution < -0.4 is 4.74 Å². The van der Waals surface area contributed by atoms with E-state index in [2.05, 4.69) is 0 Å². The van der Waals surface area contributed by atoms with Crippen LogP contribution >= 0.6 is 11.6 Å². The average molecular weight is 316 g/mol. The lowest BCUT2D eigenvalue weighted by molar-refractivity contribution is -0.386. The lowest BCUT2D eigenvalue weighted by Gasteiger charge is -2.40. The minimum absolute atomic E-state index is 0.0383. The van der Waals surface area contributed by atoms with Gasteiger partial charge in [0.1, 0.15) is 12.2 Å². The molecule has 116 valence electrons. The molecule has 0 saturated heterocycles. The third-order valence-corrected chi connectivity index (χ3v) is 3.86. The van der Waals surface area contributed by atoms with E-state index in [0.717, 1.165) is 5.56 Å². The Morgan fingerprint density at radius 1 is 1.43 bits per heavy atom. The van der Waals surface area contributed by atoms with Gasteiger partial charge in [-0.05, 0) is 12.5 Å². The molecule has 0 N–H and O–H groups in total. The van der Waals surface area contributed by atoms with E-state index >= 15 is 0 Å². The van der Waals surface area contributed by atoms with Crippen LogP contribution in [0.5, 0.6) is 5.75 Å². The quantitative estimate of drug-likeness (QED) is 0.335. The molecule has 0 aromatic heterocycles. The second-order valence-corrected chi connectivity index (χ2v) is 5.48. The van der Waals surface area contributed by atoms with Crippen molar-refractivity contribution in [2.75, 3.05) is 20.3 Å². The predicted octanol–water partition coefficient (Wildman–Crippen LogP) is 2.69. The van der Waals surface area contributed by atoms with Crippen molar-refractivity contribution in [1.29, 1.82) is 0 Å². The molecule has 3 atom stereocenters. The van der Waals surface area contributed by atoms with Gasteiger partial charge in [-0.15, -0.1) is 11.6 Å². The molecule has 0 bridgehead atoms. The Morgan fingerprint density at radius 2 is 2.19 bits per heavy atom. The fraction of sp³-hybridized carbons (Fsp3) is 0.571. The van der Waals surface area contributed by atoms with Crippen molar-refractivity contribution < 1.29 is 19.1 Å². The Bertz CT molecular complexity index is 510. The number of rotatable bonds is 7. The number of aryl methyl sites for hydroxylation is 1. The second-order valence-electron chi connectivity index (χ2n) is 4.92. The van der Waals surface area contributed by atoms with Crippen molar-refractivity contribution in [3.05, 3.63) is 33.9 Å². The number of methoxy groups -OCH3 is 1. The first kappa shape index (κ1) is 16.0. The Balaban J connectivity index is 2.06. The van der Waals surface area contributed by atoms with Gasteiger partial charge >= 0.3 is 5.69 Å². The molecule has 1 aliphatic rings. The SMILES string of the molecule is COCCOC1C(Cl)CC1Oc1c(C)cccc1[N+](=O)[O-]. The summed E-state index contributed by atoms with van der Waals surface area (Å²) in [5.41, 5.74) is 0.682. The number of nitro benzene ring substituents is 1. The van der Waals surface area contributed by atoms with Crippen LogP contribution in [-0.4, -0.2) is 42.8 Å². The van der Waals surface area contributed by atoms with Gasteiger partial charge in [-0.25, -0.2) is 0 Å². The van der Waals surface area contributed by atoms with E-state index < -0.39 is 4.92 Å². The zero-order valence-electron chi connectivity index (χ0n) is 12.0. The minimum Gasteiger partial charge on any atom is -0.480 e. The van der Waals surface area contributed by atoms with Gasteiger partial charge in [0.25, 0.3) is 0 Å². The maximum absolute atomic E-state index is 11.1. The Labute approximate surface area is 128 Å². The molecule has 0 aliphatic heterocycles. The molecule has 0 heterocycles. The van der Waals surface area contributed by atoms with Crippen LogP contribution in [-0.2, 0) is 9.47 Å². The molecule has 0 spiro atoms. The maximum atomic E-state index is 11.1. The molecular formula is C14H18ClNO5. The van der Waals surface area contributed by atoms with Crippen molar-refractivity contribution >= 4 is 17.3 Å². The van der Waals surface area contributed by atoms with Crippen LogP contribution in [0, 0.1) is 17.0 Å². The molecule has 1 aromatic carbocycles. The van der Waals surface area contributed by atoms with Gasteiger partial charge in [0.15, 0.2) is 5.75 Å². The van der Waals surface area contributed by atoms with E-state index in [1.54, 1.807) is 26.2 Å². The third-order valence-electron chi connectivity index (χ3n) is 3.44. The number of hydrogen-bond donors (Lipinski definition) is 0. The first-order valence-electron chi connectivity index (χ1n) is 6.70. The van der Waals surface area contributed by atoms with Crippen molar-refractivity contribution in [2.45, 2.75) is 30.9 Å². The van der Waals surface area contributed by atoms with E-state index in [4.69, 9.17) is 25.8 Å². The fourth-order valence-corrected chi connectivity index (χ4v) is 2.62. The summed E-state index contributed by atoms with van der Waals surface area (Å²) >= 11 is 6.12. The van der Waals surface area contributed by atoms with Crippen molar-refractivity contribution in [3.8, 4) is 5.75 Å². The lowest BCUT2D eigenvalue weighted by atomic mass is 9.90. The first-order chi connectivity index (χ1) is 10.0. The summed E-state index contributed by atoms with van der Waals surface area (Å²) in [5, 5.41) is 10.9. The van der Waals surface area contributed by atoms with E-state index in [0.29, 0.717) is 19.6 Å². The number of benzene rings is 1. The zero-order valence-corrected chi connectivity index (χ0v) is 12.7. The smallest absolute Gasteiger partial charge is 0.311 e. The topological polar surface area (TPSA) is 70.8 Å². The van der Waals surface area contributed by atoms with E-state index in [1.807, 2.05) is 0 Å². The highest BCUT2D eigenvalue weighted by Crippen LogP contribution is 2.37. The molecular weight excluding hydrogens is 298 g/mol. The van der Waals surface area contributed by atoms with E-state index in [9.17, 15) is 10.1 Å². The van der Waals surface area contributed by atoms with Gasteiger partial charge in [-0.1, -0.05) is 12.1 Å². The molecule has 0 radical (unpaired) electrons. The third kappa shape index (κ3) is 3.64. The summed E-state index contributed by atoms with van der Waals surface area (Å²) in [6.07, 6.45) is 0.0511. The summed E-state index contributed by atoms with van der Waals surface area (Å²) in [6, 6.07) is 4.85. The number of alkyl halides is 1. The normalized spacial score (nSPS) is 24.4. The Kier molecular flexibility index (Phi) is 5.39. The molecule has 6 nitrogen and oxygen atoms in total. The summed E-state index contributed by atoms with van der Waals surface area (Å²) in [6.45, 7) is 2.66. The van der Waals surface area contributed by atoms with Gasteiger partial charge in [-0.2, -0.15) is 0 Å². The fourth-order valence-electron chi connectivity index (χ4n) is 2.21. The standard InChI is InChI=1S/C14H18ClNO5/c1-9-4-3-5-11(16(17)18)13(9)21-12-8-10(15)14(12)20-7-6-19-2/h3-5,10,12,14H,6-8H2,1-2H3. The number of nitrogens with zero attached hydrogens (tertiary/aromatic N) is 1. The number of para-hydroxylation sites is 1. The van der Waals surface area contributed by atoms with E-state index in [-0.39, 0.29) is 29.0 Å². The number of hydrogen-bond acceptors (Lipinski definition) is 5. The van der Waals surface area contributed by atoms with Crippen molar-refractivity contribution in [2.24, 2.45) is 0 Å². The molecule has 0 amide bonds. The molecule has 1 saturated carbocycles. The molecule has 3 unspecified atom stereocenters. The average Bonchev–Trinajstić information content (AvgIpc) is 2.44. The van der Waals surface area contributed by atoms with Gasteiger partial charge in [-0.3, -0.25) is 10.1 Å². The molecule has 7 heteroatoms. The van der Waals surface area contributed by atoms with Crippen LogP contribution in [0.4, 0.5) is 5.69 Å².